The monoisotopic (exact) mass is 668 g/mol. The molecule has 5 aromatic carbocycles. The fourth-order valence-corrected chi connectivity index (χ4v) is 5.51. The molecule has 6 rings (SSSR count). The Morgan fingerprint density at radius 1 is 0.776 bits per heavy atom. The predicted octanol–water partition coefficient (Wildman–Crippen LogP) is 8.03. The van der Waals surface area contributed by atoms with Gasteiger partial charge >= 0.3 is 0 Å². The van der Waals surface area contributed by atoms with Gasteiger partial charge in [-0.05, 0) is 103 Å². The molecule has 10 heteroatoms. The Labute approximate surface area is 287 Å². The third-order valence-corrected chi connectivity index (χ3v) is 8.23. The second kappa shape index (κ2) is 15.6. The van der Waals surface area contributed by atoms with Crippen LogP contribution in [0.15, 0.2) is 142 Å². The standard InChI is InChI=1S/C39H32N4O5S/c1-2-47-31-20-12-26(13-21-31)24-34(42-37(45)27-8-4-3-5-9-27)38(46)41-30-18-22-32(23-19-30)49-25-36(44)40-29-16-14-28(15-17-29)39-43-33-10-6-7-11-35(33)48-39/h3-24H,2,25H2,1H3,(H,40,44)(H,41,46)(H,42,45)/b34-24-. The van der Waals surface area contributed by atoms with E-state index < -0.39 is 11.8 Å². The first-order valence-electron chi connectivity index (χ1n) is 15.5. The number of anilines is 2. The van der Waals surface area contributed by atoms with E-state index in [2.05, 4.69) is 20.9 Å². The largest absolute Gasteiger partial charge is 0.494 e. The van der Waals surface area contributed by atoms with E-state index in [0.717, 1.165) is 21.6 Å². The summed E-state index contributed by atoms with van der Waals surface area (Å²) in [7, 11) is 0. The first-order valence-corrected chi connectivity index (χ1v) is 16.5. The fourth-order valence-electron chi connectivity index (χ4n) is 4.81. The minimum absolute atomic E-state index is 0.0787. The smallest absolute Gasteiger partial charge is 0.272 e. The fraction of sp³-hybridized carbons (Fsp3) is 0.0769. The SMILES string of the molecule is CCOc1ccc(/C=C(\NC(=O)c2ccccc2)C(=O)Nc2ccc(SCC(=O)Nc3ccc(-c4nc5ccccc5o4)cc3)cc2)cc1. The molecule has 0 aliphatic carbocycles. The quantitative estimate of drug-likeness (QED) is 0.0891. The minimum atomic E-state index is -0.486. The molecule has 244 valence electrons. The predicted molar refractivity (Wildman–Crippen MR) is 193 cm³/mol. The van der Waals surface area contributed by atoms with Crippen LogP contribution in [0.4, 0.5) is 11.4 Å². The molecule has 0 spiro atoms. The van der Waals surface area contributed by atoms with Crippen molar-refractivity contribution in [2.24, 2.45) is 0 Å². The number of amides is 3. The lowest BCUT2D eigenvalue weighted by atomic mass is 10.1. The van der Waals surface area contributed by atoms with E-state index >= 15 is 0 Å². The van der Waals surface area contributed by atoms with Crippen molar-refractivity contribution < 1.29 is 23.5 Å². The van der Waals surface area contributed by atoms with Crippen LogP contribution in [0.25, 0.3) is 28.6 Å². The van der Waals surface area contributed by atoms with Crippen molar-refractivity contribution >= 4 is 58.0 Å². The van der Waals surface area contributed by atoms with Crippen molar-refractivity contribution in [3.63, 3.8) is 0 Å². The van der Waals surface area contributed by atoms with E-state index in [1.807, 2.05) is 85.8 Å². The van der Waals surface area contributed by atoms with Crippen molar-refractivity contribution in [3.8, 4) is 17.2 Å². The van der Waals surface area contributed by atoms with Crippen LogP contribution < -0.4 is 20.7 Å². The Morgan fingerprint density at radius 2 is 1.45 bits per heavy atom. The maximum absolute atomic E-state index is 13.4. The Hall–Kier alpha value is -6.13. The van der Waals surface area contributed by atoms with Crippen LogP contribution >= 0.6 is 11.8 Å². The van der Waals surface area contributed by atoms with Crippen LogP contribution in [-0.4, -0.2) is 35.1 Å². The molecule has 9 nitrogen and oxygen atoms in total. The molecule has 0 saturated carbocycles. The number of oxazole rings is 1. The number of benzene rings is 5. The maximum Gasteiger partial charge on any atom is 0.272 e. The van der Waals surface area contributed by atoms with Gasteiger partial charge in [-0.15, -0.1) is 11.8 Å². The summed E-state index contributed by atoms with van der Waals surface area (Å²) >= 11 is 1.37. The van der Waals surface area contributed by atoms with Gasteiger partial charge in [-0.3, -0.25) is 14.4 Å². The van der Waals surface area contributed by atoms with Crippen molar-refractivity contribution in [2.45, 2.75) is 11.8 Å². The molecule has 0 unspecified atom stereocenters. The summed E-state index contributed by atoms with van der Waals surface area (Å²) in [5.41, 5.74) is 4.73. The number of ether oxygens (including phenoxy) is 1. The van der Waals surface area contributed by atoms with Crippen molar-refractivity contribution in [2.75, 3.05) is 23.0 Å². The summed E-state index contributed by atoms with van der Waals surface area (Å²) in [5, 5.41) is 8.51. The van der Waals surface area contributed by atoms with Gasteiger partial charge in [0.1, 0.15) is 17.0 Å². The van der Waals surface area contributed by atoms with Gasteiger partial charge in [0.25, 0.3) is 11.8 Å². The third-order valence-electron chi connectivity index (χ3n) is 7.22. The molecule has 1 aromatic heterocycles. The van der Waals surface area contributed by atoms with Gasteiger partial charge in [0.2, 0.25) is 11.8 Å². The number of aromatic nitrogens is 1. The first kappa shape index (κ1) is 32.8. The molecule has 3 N–H and O–H groups in total. The van der Waals surface area contributed by atoms with Gasteiger partial charge in [-0.2, -0.15) is 0 Å². The zero-order valence-corrected chi connectivity index (χ0v) is 27.3. The number of nitrogens with zero attached hydrogens (tertiary/aromatic N) is 1. The summed E-state index contributed by atoms with van der Waals surface area (Å²) in [6.45, 7) is 2.44. The zero-order chi connectivity index (χ0) is 34.0. The number of carbonyl (C=O) groups excluding carboxylic acids is 3. The lowest BCUT2D eigenvalue weighted by Crippen LogP contribution is -2.30. The normalized spacial score (nSPS) is 11.2. The van der Waals surface area contributed by atoms with Crippen LogP contribution in [0.3, 0.4) is 0 Å². The van der Waals surface area contributed by atoms with Crippen LogP contribution in [0.5, 0.6) is 5.75 Å². The lowest BCUT2D eigenvalue weighted by Gasteiger charge is -2.12. The molecular weight excluding hydrogens is 637 g/mol. The second-order valence-corrected chi connectivity index (χ2v) is 11.8. The van der Waals surface area contributed by atoms with E-state index in [1.165, 1.54) is 11.8 Å². The topological polar surface area (TPSA) is 123 Å². The van der Waals surface area contributed by atoms with Gasteiger partial charge in [0.05, 0.1) is 12.4 Å². The Kier molecular flexibility index (Phi) is 10.5. The summed E-state index contributed by atoms with van der Waals surface area (Å²) in [5.74, 6) is 0.374. The van der Waals surface area contributed by atoms with Crippen LogP contribution in [-0.2, 0) is 9.59 Å². The molecule has 0 saturated heterocycles. The van der Waals surface area contributed by atoms with E-state index in [9.17, 15) is 14.4 Å². The molecule has 0 aliphatic heterocycles. The molecule has 1 heterocycles. The number of fused-ring (bicyclic) bond motifs is 1. The van der Waals surface area contributed by atoms with Crippen LogP contribution in [0, 0.1) is 0 Å². The molecule has 6 aromatic rings. The molecule has 0 atom stereocenters. The van der Waals surface area contributed by atoms with E-state index in [-0.39, 0.29) is 17.4 Å². The van der Waals surface area contributed by atoms with Crippen molar-refractivity contribution in [1.29, 1.82) is 0 Å². The van der Waals surface area contributed by atoms with Gasteiger partial charge in [0.15, 0.2) is 5.58 Å². The molecule has 0 aliphatic rings. The molecular formula is C39H32N4O5S. The summed E-state index contributed by atoms with van der Waals surface area (Å²) in [6.07, 6.45) is 1.61. The number of rotatable bonds is 12. The van der Waals surface area contributed by atoms with Gasteiger partial charge in [0, 0.05) is 27.4 Å². The number of carbonyl (C=O) groups is 3. The van der Waals surface area contributed by atoms with Gasteiger partial charge in [-0.1, -0.05) is 42.5 Å². The minimum Gasteiger partial charge on any atom is -0.494 e. The molecule has 3 amide bonds. The summed E-state index contributed by atoms with van der Waals surface area (Å²) in [4.78, 5) is 44.4. The highest BCUT2D eigenvalue weighted by Crippen LogP contribution is 2.26. The average molecular weight is 669 g/mol. The average Bonchev–Trinajstić information content (AvgIpc) is 3.57. The van der Waals surface area contributed by atoms with E-state index in [0.29, 0.717) is 40.7 Å². The number of nitrogens with one attached hydrogen (secondary N) is 3. The highest BCUT2D eigenvalue weighted by atomic mass is 32.2. The van der Waals surface area contributed by atoms with Crippen molar-refractivity contribution in [1.82, 2.24) is 10.3 Å². The van der Waals surface area contributed by atoms with E-state index in [4.69, 9.17) is 9.15 Å². The second-order valence-electron chi connectivity index (χ2n) is 10.8. The number of thioether (sulfide) groups is 1. The Bertz CT molecular complexity index is 2060. The highest BCUT2D eigenvalue weighted by molar-refractivity contribution is 8.00. The van der Waals surface area contributed by atoms with E-state index in [1.54, 1.807) is 54.6 Å². The Balaban J connectivity index is 1.05. The molecule has 49 heavy (non-hydrogen) atoms. The summed E-state index contributed by atoms with van der Waals surface area (Å²) < 4.78 is 11.3. The molecule has 0 bridgehead atoms. The Morgan fingerprint density at radius 3 is 2.16 bits per heavy atom. The maximum atomic E-state index is 13.4. The van der Waals surface area contributed by atoms with Crippen LogP contribution in [0.2, 0.25) is 0 Å². The zero-order valence-electron chi connectivity index (χ0n) is 26.5. The number of hydrogen-bond acceptors (Lipinski definition) is 7. The summed E-state index contributed by atoms with van der Waals surface area (Å²) in [6, 6.07) is 37.9. The highest BCUT2D eigenvalue weighted by Gasteiger charge is 2.16. The third kappa shape index (κ3) is 8.82. The van der Waals surface area contributed by atoms with Gasteiger partial charge < -0.3 is 25.1 Å². The first-order chi connectivity index (χ1) is 23.9. The van der Waals surface area contributed by atoms with Crippen LogP contribution in [0.1, 0.15) is 22.8 Å². The lowest BCUT2D eigenvalue weighted by molar-refractivity contribution is -0.114. The van der Waals surface area contributed by atoms with Crippen molar-refractivity contribution in [3.05, 3.63) is 144 Å². The molecule has 0 fully saturated rings. The number of hydrogen-bond donors (Lipinski definition) is 3. The number of para-hydroxylation sites is 2. The molecule has 0 radical (unpaired) electrons. The van der Waals surface area contributed by atoms with Gasteiger partial charge in [-0.25, -0.2) is 4.98 Å².